The third-order valence-electron chi connectivity index (χ3n) is 3.56. The first-order valence-electron chi connectivity index (χ1n) is 7.64. The minimum absolute atomic E-state index is 0. The van der Waals surface area contributed by atoms with Crippen LogP contribution in [0.5, 0.6) is 0 Å². The van der Waals surface area contributed by atoms with Gasteiger partial charge in [-0.15, -0.1) is 24.0 Å². The maximum absolute atomic E-state index is 11.8. The fraction of sp³-hybridized carbons (Fsp3) is 0.500. The number of aliphatic imine (C=N–C) groups is 1. The number of carbonyl (C=O) groups excluding carboxylic acids is 1. The van der Waals surface area contributed by atoms with Crippen molar-refractivity contribution in [1.29, 1.82) is 0 Å². The van der Waals surface area contributed by atoms with Gasteiger partial charge in [-0.3, -0.25) is 4.79 Å². The summed E-state index contributed by atoms with van der Waals surface area (Å²) in [6.07, 6.45) is 3.81. The lowest BCUT2D eigenvalue weighted by molar-refractivity contribution is -0.117. The summed E-state index contributed by atoms with van der Waals surface area (Å²) in [6, 6.07) is 7.96. The smallest absolute Gasteiger partial charge is 0.227 e. The highest BCUT2D eigenvalue weighted by Crippen LogP contribution is 2.22. The Morgan fingerprint density at radius 3 is 2.95 bits per heavy atom. The van der Waals surface area contributed by atoms with Gasteiger partial charge in [-0.05, 0) is 30.5 Å². The largest absolute Gasteiger partial charge is 0.370 e. The van der Waals surface area contributed by atoms with E-state index in [-0.39, 0.29) is 29.9 Å². The predicted octanol–water partition coefficient (Wildman–Crippen LogP) is 2.64. The molecule has 0 aromatic heterocycles. The Balaban J connectivity index is 0.00000242. The second-order valence-electron chi connectivity index (χ2n) is 5.30. The van der Waals surface area contributed by atoms with Crippen molar-refractivity contribution < 1.29 is 4.79 Å². The number of nitrogens with one attached hydrogen (secondary N) is 1. The van der Waals surface area contributed by atoms with Gasteiger partial charge in [0.25, 0.3) is 0 Å². The first-order valence-corrected chi connectivity index (χ1v) is 7.64. The average Bonchev–Trinajstić information content (AvgIpc) is 2.92. The van der Waals surface area contributed by atoms with Crippen molar-refractivity contribution in [2.24, 2.45) is 10.7 Å². The van der Waals surface area contributed by atoms with Gasteiger partial charge in [0.05, 0.1) is 6.54 Å². The number of hydrogen-bond acceptors (Lipinski definition) is 2. The molecule has 2 rings (SSSR count). The monoisotopic (exact) mass is 416 g/mol. The van der Waals surface area contributed by atoms with E-state index in [1.54, 1.807) is 0 Å². The lowest BCUT2D eigenvalue weighted by Gasteiger charge is -2.16. The van der Waals surface area contributed by atoms with Crippen molar-refractivity contribution >= 4 is 41.5 Å². The summed E-state index contributed by atoms with van der Waals surface area (Å²) in [7, 11) is 0. The van der Waals surface area contributed by atoms with Gasteiger partial charge in [-0.1, -0.05) is 25.5 Å². The highest BCUT2D eigenvalue weighted by molar-refractivity contribution is 14.0. The molecule has 0 radical (unpaired) electrons. The Labute approximate surface area is 149 Å². The van der Waals surface area contributed by atoms with E-state index in [9.17, 15) is 4.79 Å². The Morgan fingerprint density at radius 2 is 2.27 bits per heavy atom. The van der Waals surface area contributed by atoms with Gasteiger partial charge in [-0.2, -0.15) is 0 Å². The Bertz CT molecular complexity index is 519. The molecular weight excluding hydrogens is 391 g/mol. The van der Waals surface area contributed by atoms with Crippen molar-refractivity contribution in [2.45, 2.75) is 39.2 Å². The van der Waals surface area contributed by atoms with Gasteiger partial charge in [0.2, 0.25) is 5.91 Å². The SMILES string of the molecule is CCCCNC(N)=NCc1cccc(N2CCCC2=O)c1.I. The lowest BCUT2D eigenvalue weighted by Crippen LogP contribution is -2.32. The Kier molecular flexibility index (Phi) is 8.22. The number of rotatable bonds is 6. The van der Waals surface area contributed by atoms with Crippen LogP contribution in [0, 0.1) is 0 Å². The molecule has 3 N–H and O–H groups in total. The third-order valence-corrected chi connectivity index (χ3v) is 3.56. The zero-order valence-corrected chi connectivity index (χ0v) is 15.4. The quantitative estimate of drug-likeness (QED) is 0.324. The molecule has 22 heavy (non-hydrogen) atoms. The minimum atomic E-state index is 0. The van der Waals surface area contributed by atoms with Gasteiger partial charge in [0.15, 0.2) is 5.96 Å². The van der Waals surface area contributed by atoms with E-state index in [0.29, 0.717) is 18.9 Å². The highest BCUT2D eigenvalue weighted by Gasteiger charge is 2.21. The molecule has 1 aliphatic rings. The van der Waals surface area contributed by atoms with Crippen molar-refractivity contribution in [1.82, 2.24) is 5.32 Å². The first-order chi connectivity index (χ1) is 10.2. The zero-order chi connectivity index (χ0) is 15.1. The fourth-order valence-electron chi connectivity index (χ4n) is 2.37. The average molecular weight is 416 g/mol. The molecule has 1 fully saturated rings. The third kappa shape index (κ3) is 5.47. The molecular formula is C16H25IN4O. The molecule has 122 valence electrons. The van der Waals surface area contributed by atoms with Gasteiger partial charge >= 0.3 is 0 Å². The number of benzene rings is 1. The van der Waals surface area contributed by atoms with Crippen molar-refractivity contribution in [2.75, 3.05) is 18.0 Å². The molecule has 0 spiro atoms. The van der Waals surface area contributed by atoms with Gasteiger partial charge in [0.1, 0.15) is 0 Å². The van der Waals surface area contributed by atoms with Crippen LogP contribution >= 0.6 is 24.0 Å². The molecule has 0 unspecified atom stereocenters. The summed E-state index contributed by atoms with van der Waals surface area (Å²) in [5.41, 5.74) is 7.84. The maximum Gasteiger partial charge on any atom is 0.227 e. The maximum atomic E-state index is 11.8. The summed E-state index contributed by atoms with van der Waals surface area (Å²) in [5.74, 6) is 0.683. The van der Waals surface area contributed by atoms with Crippen LogP contribution in [0.2, 0.25) is 0 Å². The number of unbranched alkanes of at least 4 members (excludes halogenated alkanes) is 1. The lowest BCUT2D eigenvalue weighted by atomic mass is 10.2. The van der Waals surface area contributed by atoms with Crippen LogP contribution in [0.25, 0.3) is 0 Å². The molecule has 0 bridgehead atoms. The number of anilines is 1. The number of nitrogens with zero attached hydrogens (tertiary/aromatic N) is 2. The first kappa shape index (κ1) is 18.7. The van der Waals surface area contributed by atoms with E-state index in [2.05, 4.69) is 17.2 Å². The van der Waals surface area contributed by atoms with Crippen LogP contribution in [-0.2, 0) is 11.3 Å². The van der Waals surface area contributed by atoms with E-state index in [0.717, 1.165) is 43.6 Å². The molecule has 0 saturated carbocycles. The minimum Gasteiger partial charge on any atom is -0.370 e. The summed E-state index contributed by atoms with van der Waals surface area (Å²) >= 11 is 0. The molecule has 0 aliphatic carbocycles. The summed E-state index contributed by atoms with van der Waals surface area (Å²) in [4.78, 5) is 17.9. The normalized spacial score (nSPS) is 14.9. The van der Waals surface area contributed by atoms with Crippen LogP contribution in [0.4, 0.5) is 5.69 Å². The number of halogens is 1. The Morgan fingerprint density at radius 1 is 1.45 bits per heavy atom. The number of nitrogens with two attached hydrogens (primary N) is 1. The van der Waals surface area contributed by atoms with Crippen LogP contribution < -0.4 is 16.0 Å². The van der Waals surface area contributed by atoms with Crippen LogP contribution in [0.1, 0.15) is 38.2 Å². The van der Waals surface area contributed by atoms with Crippen molar-refractivity contribution in [3.8, 4) is 0 Å². The number of carbonyl (C=O) groups is 1. The van der Waals surface area contributed by atoms with Gasteiger partial charge < -0.3 is 16.0 Å². The van der Waals surface area contributed by atoms with Crippen LogP contribution in [-0.4, -0.2) is 25.0 Å². The molecule has 1 heterocycles. The van der Waals surface area contributed by atoms with E-state index < -0.39 is 0 Å². The molecule has 1 aliphatic heterocycles. The van der Waals surface area contributed by atoms with E-state index >= 15 is 0 Å². The van der Waals surface area contributed by atoms with Crippen molar-refractivity contribution in [3.05, 3.63) is 29.8 Å². The summed E-state index contributed by atoms with van der Waals surface area (Å²) < 4.78 is 0. The molecule has 5 nitrogen and oxygen atoms in total. The molecule has 0 atom stereocenters. The van der Waals surface area contributed by atoms with Crippen LogP contribution in [0.3, 0.4) is 0 Å². The molecule has 1 aromatic rings. The molecule has 1 amide bonds. The van der Waals surface area contributed by atoms with E-state index in [1.807, 2.05) is 29.2 Å². The standard InChI is InChI=1S/C16H24N4O.HI/c1-2-3-9-18-16(17)19-12-13-6-4-7-14(11-13)20-10-5-8-15(20)21;/h4,6-7,11H,2-3,5,8-10,12H2,1H3,(H3,17,18,19);1H. The second-order valence-corrected chi connectivity index (χ2v) is 5.30. The fourth-order valence-corrected chi connectivity index (χ4v) is 2.37. The summed E-state index contributed by atoms with van der Waals surface area (Å²) in [5, 5.41) is 3.09. The molecule has 1 saturated heterocycles. The highest BCUT2D eigenvalue weighted by atomic mass is 127. The number of guanidine groups is 1. The number of hydrogen-bond donors (Lipinski definition) is 2. The van der Waals surface area contributed by atoms with Gasteiger partial charge in [0, 0.05) is 25.2 Å². The zero-order valence-electron chi connectivity index (χ0n) is 13.0. The second kappa shape index (κ2) is 9.66. The number of amides is 1. The van der Waals surface area contributed by atoms with Crippen molar-refractivity contribution in [3.63, 3.8) is 0 Å². The molecule has 1 aromatic carbocycles. The molecule has 6 heteroatoms. The predicted molar refractivity (Wildman–Crippen MR) is 102 cm³/mol. The van der Waals surface area contributed by atoms with E-state index in [4.69, 9.17) is 5.73 Å². The van der Waals surface area contributed by atoms with E-state index in [1.165, 1.54) is 0 Å². The topological polar surface area (TPSA) is 70.7 Å². The van der Waals surface area contributed by atoms with Crippen LogP contribution in [0.15, 0.2) is 29.3 Å². The van der Waals surface area contributed by atoms with Gasteiger partial charge in [-0.25, -0.2) is 4.99 Å². The Hall–Kier alpha value is -1.31. The summed E-state index contributed by atoms with van der Waals surface area (Å²) in [6.45, 7) is 4.33.